The van der Waals surface area contributed by atoms with E-state index in [0.717, 1.165) is 12.1 Å². The molecule has 0 amide bonds. The van der Waals surface area contributed by atoms with Crippen molar-refractivity contribution >= 4 is 17.3 Å². The van der Waals surface area contributed by atoms with Crippen molar-refractivity contribution in [1.82, 2.24) is 20.0 Å². The number of hydrogen-bond acceptors (Lipinski definition) is 4. The van der Waals surface area contributed by atoms with Gasteiger partial charge in [0.05, 0.1) is 17.6 Å². The largest absolute Gasteiger partial charge is 0.382 e. The first-order valence-electron chi connectivity index (χ1n) is 6.80. The van der Waals surface area contributed by atoms with Crippen LogP contribution in [0.25, 0.3) is 5.69 Å². The molecule has 3 rings (SSSR count). The number of anilines is 1. The third kappa shape index (κ3) is 3.17. The zero-order valence-electron chi connectivity index (χ0n) is 11.7. The van der Waals surface area contributed by atoms with Crippen molar-refractivity contribution in [2.24, 2.45) is 0 Å². The van der Waals surface area contributed by atoms with Gasteiger partial charge < -0.3 is 5.32 Å². The van der Waals surface area contributed by atoms with Crippen molar-refractivity contribution < 1.29 is 0 Å². The molecule has 0 unspecified atom stereocenters. The van der Waals surface area contributed by atoms with Crippen LogP contribution in [0.15, 0.2) is 53.7 Å². The summed E-state index contributed by atoms with van der Waals surface area (Å²) in [5.74, 6) is 0. The molecule has 22 heavy (non-hydrogen) atoms. The molecular formula is C15H14ClN5O. The van der Waals surface area contributed by atoms with Gasteiger partial charge in [0, 0.05) is 18.9 Å². The molecule has 0 aliphatic rings. The lowest BCUT2D eigenvalue weighted by Gasteiger charge is -2.08. The van der Waals surface area contributed by atoms with Crippen LogP contribution in [0.5, 0.6) is 0 Å². The summed E-state index contributed by atoms with van der Waals surface area (Å²) in [6.07, 6.45) is 5.96. The van der Waals surface area contributed by atoms with Crippen LogP contribution in [0.1, 0.15) is 5.56 Å². The van der Waals surface area contributed by atoms with Gasteiger partial charge in [-0.25, -0.2) is 9.78 Å². The molecule has 0 atom stereocenters. The molecule has 2 aromatic heterocycles. The Kier molecular flexibility index (Phi) is 4.20. The van der Waals surface area contributed by atoms with Gasteiger partial charge in [-0.05, 0) is 30.2 Å². The second-order valence-electron chi connectivity index (χ2n) is 4.72. The standard InChI is InChI=1S/C15H14ClN5O/c16-14-13(10-18-20-15(14)22)17-8-6-11-2-4-12(5-3-11)21-9-1-7-19-21/h1-5,7,9-10H,6,8H2,(H2,17,20,22). The van der Waals surface area contributed by atoms with Gasteiger partial charge in [0.15, 0.2) is 0 Å². The summed E-state index contributed by atoms with van der Waals surface area (Å²) in [6, 6.07) is 10.0. The van der Waals surface area contributed by atoms with Crippen LogP contribution in [0.2, 0.25) is 5.02 Å². The first kappa shape index (κ1) is 14.3. The maximum atomic E-state index is 11.3. The molecule has 7 heteroatoms. The number of nitrogens with zero attached hydrogens (tertiary/aromatic N) is 3. The molecule has 3 aromatic rings. The zero-order valence-corrected chi connectivity index (χ0v) is 12.4. The number of halogens is 1. The molecule has 0 saturated heterocycles. The SMILES string of the molecule is O=c1[nH]ncc(NCCc2ccc(-n3cccn3)cc2)c1Cl. The van der Waals surface area contributed by atoms with Crippen molar-refractivity contribution in [3.05, 3.63) is 69.9 Å². The lowest BCUT2D eigenvalue weighted by molar-refractivity contribution is 0.878. The van der Waals surface area contributed by atoms with Crippen molar-refractivity contribution in [2.75, 3.05) is 11.9 Å². The van der Waals surface area contributed by atoms with Gasteiger partial charge in [-0.3, -0.25) is 4.79 Å². The molecule has 0 saturated carbocycles. The lowest BCUT2D eigenvalue weighted by atomic mass is 10.1. The Hall–Kier alpha value is -2.60. The van der Waals surface area contributed by atoms with Crippen molar-refractivity contribution in [1.29, 1.82) is 0 Å². The quantitative estimate of drug-likeness (QED) is 0.757. The Bertz CT molecular complexity index is 796. The predicted octanol–water partition coefficient (Wildman–Crippen LogP) is 2.26. The van der Waals surface area contributed by atoms with E-state index in [1.807, 2.05) is 29.1 Å². The van der Waals surface area contributed by atoms with Crippen LogP contribution in [0, 0.1) is 0 Å². The number of benzene rings is 1. The number of nitrogens with one attached hydrogen (secondary N) is 2. The molecule has 112 valence electrons. The summed E-state index contributed by atoms with van der Waals surface area (Å²) >= 11 is 5.90. The van der Waals surface area contributed by atoms with E-state index in [4.69, 9.17) is 11.6 Å². The smallest absolute Gasteiger partial charge is 0.285 e. The van der Waals surface area contributed by atoms with Crippen LogP contribution in [0.3, 0.4) is 0 Å². The highest BCUT2D eigenvalue weighted by molar-refractivity contribution is 6.32. The maximum absolute atomic E-state index is 11.3. The summed E-state index contributed by atoms with van der Waals surface area (Å²) in [4.78, 5) is 11.3. The van der Waals surface area contributed by atoms with Crippen LogP contribution in [-0.4, -0.2) is 26.5 Å². The van der Waals surface area contributed by atoms with Crippen molar-refractivity contribution in [2.45, 2.75) is 6.42 Å². The molecule has 0 aliphatic carbocycles. The molecule has 2 heterocycles. The second-order valence-corrected chi connectivity index (χ2v) is 5.10. The second kappa shape index (κ2) is 6.44. The van der Waals surface area contributed by atoms with Crippen molar-refractivity contribution in [3.8, 4) is 5.69 Å². The van der Waals surface area contributed by atoms with E-state index in [-0.39, 0.29) is 5.02 Å². The minimum absolute atomic E-state index is 0.129. The Morgan fingerprint density at radius 2 is 2.09 bits per heavy atom. The van der Waals surface area contributed by atoms with Gasteiger partial charge in [0.2, 0.25) is 0 Å². The summed E-state index contributed by atoms with van der Waals surface area (Å²) in [5, 5.41) is 13.4. The van der Waals surface area contributed by atoms with Crippen LogP contribution >= 0.6 is 11.6 Å². The minimum atomic E-state index is -0.393. The highest BCUT2D eigenvalue weighted by Gasteiger charge is 2.04. The summed E-state index contributed by atoms with van der Waals surface area (Å²) < 4.78 is 1.81. The number of aromatic amines is 1. The van der Waals surface area contributed by atoms with Gasteiger partial charge in [-0.2, -0.15) is 10.2 Å². The Morgan fingerprint density at radius 1 is 1.27 bits per heavy atom. The number of aromatic nitrogens is 4. The van der Waals surface area contributed by atoms with E-state index >= 15 is 0 Å². The Morgan fingerprint density at radius 3 is 2.82 bits per heavy atom. The van der Waals surface area contributed by atoms with E-state index in [1.165, 1.54) is 11.8 Å². The molecule has 0 spiro atoms. The fourth-order valence-corrected chi connectivity index (χ4v) is 2.24. The number of hydrogen-bond donors (Lipinski definition) is 2. The third-order valence-electron chi connectivity index (χ3n) is 3.23. The molecule has 0 radical (unpaired) electrons. The minimum Gasteiger partial charge on any atom is -0.382 e. The van der Waals surface area contributed by atoms with Gasteiger partial charge in [-0.15, -0.1) is 0 Å². The average Bonchev–Trinajstić information content (AvgIpc) is 3.07. The third-order valence-corrected chi connectivity index (χ3v) is 3.61. The zero-order chi connectivity index (χ0) is 15.4. The molecule has 0 bridgehead atoms. The summed E-state index contributed by atoms with van der Waals surface area (Å²) in [5.41, 5.74) is 2.34. The van der Waals surface area contributed by atoms with Gasteiger partial charge in [0.1, 0.15) is 5.02 Å². The lowest BCUT2D eigenvalue weighted by Crippen LogP contribution is -2.13. The number of rotatable bonds is 5. The average molecular weight is 316 g/mol. The van der Waals surface area contributed by atoms with Gasteiger partial charge in [0.25, 0.3) is 5.56 Å². The van der Waals surface area contributed by atoms with Crippen molar-refractivity contribution in [3.63, 3.8) is 0 Å². The fraction of sp³-hybridized carbons (Fsp3) is 0.133. The Balaban J connectivity index is 1.60. The van der Waals surface area contributed by atoms with Gasteiger partial charge in [-0.1, -0.05) is 23.7 Å². The highest BCUT2D eigenvalue weighted by atomic mass is 35.5. The van der Waals surface area contributed by atoms with Crippen LogP contribution in [0.4, 0.5) is 5.69 Å². The molecule has 1 aromatic carbocycles. The van der Waals surface area contributed by atoms with E-state index in [2.05, 4.69) is 32.7 Å². The molecule has 6 nitrogen and oxygen atoms in total. The van der Waals surface area contributed by atoms with E-state index < -0.39 is 5.56 Å². The molecule has 2 N–H and O–H groups in total. The van der Waals surface area contributed by atoms with E-state index in [1.54, 1.807) is 6.20 Å². The van der Waals surface area contributed by atoms with Crippen LogP contribution in [-0.2, 0) is 6.42 Å². The summed E-state index contributed by atoms with van der Waals surface area (Å²) in [7, 11) is 0. The van der Waals surface area contributed by atoms with E-state index in [0.29, 0.717) is 12.2 Å². The monoisotopic (exact) mass is 315 g/mol. The first-order valence-corrected chi connectivity index (χ1v) is 7.18. The Labute approximate surface area is 131 Å². The summed E-state index contributed by atoms with van der Waals surface area (Å²) in [6.45, 7) is 0.659. The molecule has 0 fully saturated rings. The van der Waals surface area contributed by atoms with E-state index in [9.17, 15) is 4.79 Å². The topological polar surface area (TPSA) is 75.6 Å². The first-order chi connectivity index (χ1) is 10.7. The molecule has 0 aliphatic heterocycles. The normalized spacial score (nSPS) is 10.6. The predicted molar refractivity (Wildman–Crippen MR) is 85.6 cm³/mol. The molecular weight excluding hydrogens is 302 g/mol. The fourth-order valence-electron chi connectivity index (χ4n) is 2.09. The highest BCUT2D eigenvalue weighted by Crippen LogP contribution is 2.14. The number of H-pyrrole nitrogens is 1. The van der Waals surface area contributed by atoms with Gasteiger partial charge >= 0.3 is 0 Å². The van der Waals surface area contributed by atoms with Crippen LogP contribution < -0.4 is 10.9 Å². The maximum Gasteiger partial charge on any atom is 0.285 e.